The number of Topliss-reactive ketones (excluding diaryl/α,β-unsaturated/α-hetero) is 1. The molecule has 0 radical (unpaired) electrons. The van der Waals surface area contributed by atoms with Gasteiger partial charge in [0.1, 0.15) is 0 Å². The predicted molar refractivity (Wildman–Crippen MR) is 65.3 cm³/mol. The molecule has 0 aliphatic heterocycles. The van der Waals surface area contributed by atoms with Crippen LogP contribution in [0.2, 0.25) is 0 Å². The van der Waals surface area contributed by atoms with E-state index in [9.17, 15) is 13.2 Å². The van der Waals surface area contributed by atoms with E-state index in [1.807, 2.05) is 0 Å². The van der Waals surface area contributed by atoms with Crippen LogP contribution in [0, 0.1) is 0 Å². The summed E-state index contributed by atoms with van der Waals surface area (Å²) in [6.45, 7) is 1.89. The van der Waals surface area contributed by atoms with Crippen LogP contribution < -0.4 is 5.73 Å². The second-order valence-electron chi connectivity index (χ2n) is 3.70. The van der Waals surface area contributed by atoms with E-state index in [4.69, 9.17) is 5.73 Å². The molecule has 0 saturated carbocycles. The molecule has 0 aromatic heterocycles. The quantitative estimate of drug-likeness (QED) is 0.776. The third-order valence-electron chi connectivity index (χ3n) is 2.39. The average Bonchev–Trinajstić information content (AvgIpc) is 2.29. The number of rotatable bonds is 5. The van der Waals surface area contributed by atoms with Gasteiger partial charge in [0.15, 0.2) is 5.78 Å². The molecule has 0 aliphatic carbocycles. The molecule has 0 saturated heterocycles. The number of carbonyl (C=O) groups excluding carboxylic acids is 1. The maximum absolute atomic E-state index is 12.1. The lowest BCUT2D eigenvalue weighted by Gasteiger charge is -2.16. The summed E-state index contributed by atoms with van der Waals surface area (Å²) in [4.78, 5) is 11.3. The number of sulfonamides is 1. The van der Waals surface area contributed by atoms with Gasteiger partial charge < -0.3 is 5.73 Å². The second kappa shape index (κ2) is 5.39. The van der Waals surface area contributed by atoms with Crippen molar-refractivity contribution < 1.29 is 13.2 Å². The van der Waals surface area contributed by atoms with Crippen LogP contribution in [0.5, 0.6) is 0 Å². The zero-order valence-electron chi connectivity index (χ0n) is 9.88. The normalized spacial score (nSPS) is 11.8. The average molecular weight is 256 g/mol. The summed E-state index contributed by atoms with van der Waals surface area (Å²) < 4.78 is 25.3. The van der Waals surface area contributed by atoms with Crippen LogP contribution in [0.25, 0.3) is 0 Å². The maximum Gasteiger partial charge on any atom is 0.242 e. The molecule has 0 amide bonds. The second-order valence-corrected chi connectivity index (χ2v) is 5.74. The SMILES string of the molecule is CC(=O)c1cccc(S(=O)(=O)N(C)CCN)c1. The Labute approximate surface area is 101 Å². The van der Waals surface area contributed by atoms with Crippen molar-refractivity contribution in [3.05, 3.63) is 29.8 Å². The molecule has 1 aromatic rings. The molecule has 5 nitrogen and oxygen atoms in total. The lowest BCUT2D eigenvalue weighted by atomic mass is 10.2. The smallest absolute Gasteiger partial charge is 0.242 e. The van der Waals surface area contributed by atoms with E-state index in [1.54, 1.807) is 12.1 Å². The molecule has 0 aliphatic rings. The number of nitrogens with two attached hydrogens (primary N) is 1. The van der Waals surface area contributed by atoms with Crippen LogP contribution >= 0.6 is 0 Å². The van der Waals surface area contributed by atoms with Crippen molar-refractivity contribution in [2.24, 2.45) is 5.73 Å². The van der Waals surface area contributed by atoms with E-state index in [2.05, 4.69) is 0 Å². The number of hydrogen-bond acceptors (Lipinski definition) is 4. The first-order valence-corrected chi connectivity index (χ1v) is 6.61. The van der Waals surface area contributed by atoms with Crippen molar-refractivity contribution in [1.82, 2.24) is 4.31 Å². The van der Waals surface area contributed by atoms with Crippen molar-refractivity contribution in [3.8, 4) is 0 Å². The molecule has 0 fully saturated rings. The van der Waals surface area contributed by atoms with Crippen LogP contribution in [-0.4, -0.2) is 38.6 Å². The zero-order valence-corrected chi connectivity index (χ0v) is 10.7. The highest BCUT2D eigenvalue weighted by Crippen LogP contribution is 2.15. The zero-order chi connectivity index (χ0) is 13.1. The molecular weight excluding hydrogens is 240 g/mol. The van der Waals surface area contributed by atoms with Crippen molar-refractivity contribution in [2.45, 2.75) is 11.8 Å². The van der Waals surface area contributed by atoms with Gasteiger partial charge in [-0.15, -0.1) is 0 Å². The van der Waals surface area contributed by atoms with E-state index in [0.717, 1.165) is 0 Å². The highest BCUT2D eigenvalue weighted by Gasteiger charge is 2.20. The summed E-state index contributed by atoms with van der Waals surface area (Å²) in [5.74, 6) is -0.163. The number of nitrogens with zero attached hydrogens (tertiary/aromatic N) is 1. The Morgan fingerprint density at radius 1 is 1.41 bits per heavy atom. The standard InChI is InChI=1S/C11H16N2O3S/c1-9(14)10-4-3-5-11(8-10)17(15,16)13(2)7-6-12/h3-5,8H,6-7,12H2,1-2H3. The molecular formula is C11H16N2O3S. The fraction of sp³-hybridized carbons (Fsp3) is 0.364. The highest BCUT2D eigenvalue weighted by atomic mass is 32.2. The van der Waals surface area contributed by atoms with Gasteiger partial charge in [-0.2, -0.15) is 4.31 Å². The fourth-order valence-corrected chi connectivity index (χ4v) is 2.59. The van der Waals surface area contributed by atoms with Gasteiger partial charge in [-0.25, -0.2) is 8.42 Å². The minimum absolute atomic E-state index is 0.112. The van der Waals surface area contributed by atoms with E-state index < -0.39 is 10.0 Å². The first-order valence-electron chi connectivity index (χ1n) is 5.17. The Morgan fingerprint density at radius 3 is 2.59 bits per heavy atom. The summed E-state index contributed by atoms with van der Waals surface area (Å²) >= 11 is 0. The van der Waals surface area contributed by atoms with Gasteiger partial charge in [0, 0.05) is 25.7 Å². The van der Waals surface area contributed by atoms with E-state index in [0.29, 0.717) is 5.56 Å². The topological polar surface area (TPSA) is 80.5 Å². The number of benzene rings is 1. The van der Waals surface area contributed by atoms with E-state index in [-0.39, 0.29) is 23.8 Å². The summed E-state index contributed by atoms with van der Waals surface area (Å²) in [6, 6.07) is 5.99. The lowest BCUT2D eigenvalue weighted by Crippen LogP contribution is -2.31. The maximum atomic E-state index is 12.1. The molecule has 0 bridgehead atoms. The van der Waals surface area contributed by atoms with Gasteiger partial charge in [-0.05, 0) is 19.1 Å². The first kappa shape index (κ1) is 13.8. The lowest BCUT2D eigenvalue weighted by molar-refractivity contribution is 0.101. The monoisotopic (exact) mass is 256 g/mol. The molecule has 1 rings (SSSR count). The molecule has 0 atom stereocenters. The first-order chi connectivity index (χ1) is 7.89. The number of likely N-dealkylation sites (N-methyl/N-ethyl adjacent to an activating group) is 1. The minimum atomic E-state index is -3.56. The Kier molecular flexibility index (Phi) is 4.39. The van der Waals surface area contributed by atoms with Crippen molar-refractivity contribution in [1.29, 1.82) is 0 Å². The van der Waals surface area contributed by atoms with Gasteiger partial charge in [-0.1, -0.05) is 12.1 Å². The number of hydrogen-bond donors (Lipinski definition) is 1. The molecule has 0 unspecified atom stereocenters. The van der Waals surface area contributed by atoms with Gasteiger partial charge in [0.05, 0.1) is 4.90 Å². The van der Waals surface area contributed by atoms with Crippen LogP contribution in [-0.2, 0) is 10.0 Å². The number of ketones is 1. The summed E-state index contributed by atoms with van der Waals surface area (Å²) in [5.41, 5.74) is 5.70. The van der Waals surface area contributed by atoms with E-state index >= 15 is 0 Å². The van der Waals surface area contributed by atoms with Crippen LogP contribution in [0.3, 0.4) is 0 Å². The van der Waals surface area contributed by atoms with Gasteiger partial charge in [0.25, 0.3) is 0 Å². The van der Waals surface area contributed by atoms with Crippen molar-refractivity contribution in [2.75, 3.05) is 20.1 Å². The summed E-state index contributed by atoms with van der Waals surface area (Å²) in [7, 11) is -2.10. The van der Waals surface area contributed by atoms with Crippen LogP contribution in [0.1, 0.15) is 17.3 Å². The summed E-state index contributed by atoms with van der Waals surface area (Å²) in [5, 5.41) is 0. The third-order valence-corrected chi connectivity index (χ3v) is 4.25. The predicted octanol–water partition coefficient (Wildman–Crippen LogP) is 0.468. The molecule has 6 heteroatoms. The molecule has 1 aromatic carbocycles. The van der Waals surface area contributed by atoms with Gasteiger partial charge >= 0.3 is 0 Å². The molecule has 0 spiro atoms. The fourth-order valence-electron chi connectivity index (χ4n) is 1.36. The Hall–Kier alpha value is -1.24. The van der Waals surface area contributed by atoms with Crippen molar-refractivity contribution in [3.63, 3.8) is 0 Å². The molecule has 17 heavy (non-hydrogen) atoms. The van der Waals surface area contributed by atoms with Crippen LogP contribution in [0.15, 0.2) is 29.2 Å². The minimum Gasteiger partial charge on any atom is -0.329 e. The third kappa shape index (κ3) is 3.12. The molecule has 0 heterocycles. The highest BCUT2D eigenvalue weighted by molar-refractivity contribution is 7.89. The Bertz CT molecular complexity index is 511. The Morgan fingerprint density at radius 2 is 2.06 bits per heavy atom. The van der Waals surface area contributed by atoms with Gasteiger partial charge in [-0.3, -0.25) is 4.79 Å². The molecule has 94 valence electrons. The van der Waals surface area contributed by atoms with Crippen LogP contribution in [0.4, 0.5) is 0 Å². The largest absolute Gasteiger partial charge is 0.329 e. The molecule has 2 N–H and O–H groups in total. The Balaban J connectivity index is 3.15. The van der Waals surface area contributed by atoms with Crippen molar-refractivity contribution >= 4 is 15.8 Å². The van der Waals surface area contributed by atoms with Gasteiger partial charge in [0.2, 0.25) is 10.0 Å². The summed E-state index contributed by atoms with van der Waals surface area (Å²) in [6.07, 6.45) is 0. The van der Waals surface area contributed by atoms with E-state index in [1.165, 1.54) is 30.4 Å². The number of carbonyl (C=O) groups is 1.